The molecule has 1 aromatic rings. The number of rotatable bonds is 0. The minimum atomic E-state index is -0.0543. The molecule has 0 radical (unpaired) electrons. The van der Waals surface area contributed by atoms with Crippen LogP contribution in [0.25, 0.3) is 0 Å². The average molecular weight is 170 g/mol. The van der Waals surface area contributed by atoms with Crippen LogP contribution in [0.4, 0.5) is 0 Å². The van der Waals surface area contributed by atoms with E-state index in [0.717, 1.165) is 5.82 Å². The van der Waals surface area contributed by atoms with E-state index >= 15 is 0 Å². The van der Waals surface area contributed by atoms with Crippen LogP contribution in [0, 0.1) is 6.92 Å². The lowest BCUT2D eigenvalue weighted by Crippen LogP contribution is -2.24. The Kier molecular flexibility index (Phi) is 3.86. The highest BCUT2D eigenvalue weighted by atomic mass is 15.6. The Morgan fingerprint density at radius 3 is 1.83 bits per heavy atom. The van der Waals surface area contributed by atoms with Crippen molar-refractivity contribution in [2.75, 3.05) is 0 Å². The van der Waals surface area contributed by atoms with Gasteiger partial charge in [-0.15, -0.1) is 10.2 Å². The van der Waals surface area contributed by atoms with E-state index in [1.807, 2.05) is 41.5 Å². The third-order valence-corrected chi connectivity index (χ3v) is 1.11. The largest absolute Gasteiger partial charge is 0.171 e. The van der Waals surface area contributed by atoms with Gasteiger partial charge >= 0.3 is 0 Å². The van der Waals surface area contributed by atoms with Gasteiger partial charge in [-0.05, 0) is 32.9 Å². The summed E-state index contributed by atoms with van der Waals surface area (Å²) in [5, 5.41) is 11.7. The molecule has 0 N–H and O–H groups in total. The van der Waals surface area contributed by atoms with Gasteiger partial charge < -0.3 is 0 Å². The molecule has 1 heterocycles. The van der Waals surface area contributed by atoms with Crippen molar-refractivity contribution in [1.29, 1.82) is 0 Å². The van der Waals surface area contributed by atoms with Gasteiger partial charge in [-0.3, -0.25) is 0 Å². The van der Waals surface area contributed by atoms with Crippen LogP contribution in [-0.2, 0) is 5.54 Å². The fraction of sp³-hybridized carbons (Fsp3) is 0.875. The molecule has 0 atom stereocenters. The lowest BCUT2D eigenvalue weighted by atomic mass is 10.1. The van der Waals surface area contributed by atoms with Crippen LogP contribution >= 0.6 is 0 Å². The third kappa shape index (κ3) is 2.98. The van der Waals surface area contributed by atoms with E-state index in [-0.39, 0.29) is 5.54 Å². The molecule has 0 fully saturated rings. The van der Waals surface area contributed by atoms with E-state index in [0.29, 0.717) is 0 Å². The van der Waals surface area contributed by atoms with Crippen LogP contribution in [0.1, 0.15) is 40.4 Å². The minimum Gasteiger partial charge on any atom is -0.159 e. The second kappa shape index (κ2) is 4.18. The van der Waals surface area contributed by atoms with Crippen LogP contribution in [0.15, 0.2) is 0 Å². The monoisotopic (exact) mass is 170 g/mol. The Bertz CT molecular complexity index is 221. The van der Waals surface area contributed by atoms with Gasteiger partial charge in [0.2, 0.25) is 0 Å². The van der Waals surface area contributed by atoms with Crippen molar-refractivity contribution < 1.29 is 0 Å². The summed E-state index contributed by atoms with van der Waals surface area (Å²) in [7, 11) is 0. The summed E-state index contributed by atoms with van der Waals surface area (Å²) in [4.78, 5) is 1.61. The zero-order chi connectivity index (χ0) is 9.78. The Hall–Kier alpha value is -0.930. The van der Waals surface area contributed by atoms with Crippen molar-refractivity contribution in [2.45, 2.75) is 47.1 Å². The Balaban J connectivity index is 0.000000561. The topological polar surface area (TPSA) is 43.6 Å². The maximum absolute atomic E-state index is 4.08. The van der Waals surface area contributed by atoms with Gasteiger partial charge in [0, 0.05) is 0 Å². The molecule has 0 aliphatic carbocycles. The smallest absolute Gasteiger partial charge is 0.159 e. The van der Waals surface area contributed by atoms with Gasteiger partial charge in [-0.25, -0.2) is 0 Å². The molecule has 0 aromatic carbocycles. The van der Waals surface area contributed by atoms with Gasteiger partial charge in [-0.1, -0.05) is 13.8 Å². The van der Waals surface area contributed by atoms with Crippen LogP contribution in [0.3, 0.4) is 0 Å². The van der Waals surface area contributed by atoms with Crippen LogP contribution < -0.4 is 0 Å². The second-order valence-corrected chi connectivity index (χ2v) is 3.30. The third-order valence-electron chi connectivity index (χ3n) is 1.11. The van der Waals surface area contributed by atoms with E-state index in [9.17, 15) is 0 Å². The minimum absolute atomic E-state index is 0.0543. The molecule has 0 spiro atoms. The molecule has 1 aromatic heterocycles. The predicted octanol–water partition coefficient (Wildman–Crippen LogP) is 1.76. The highest BCUT2D eigenvalue weighted by Gasteiger charge is 2.15. The van der Waals surface area contributed by atoms with E-state index in [2.05, 4.69) is 15.4 Å². The maximum Gasteiger partial charge on any atom is 0.171 e. The summed E-state index contributed by atoms with van der Waals surface area (Å²) in [5.41, 5.74) is -0.0543. The number of hydrogen-bond donors (Lipinski definition) is 0. The number of nitrogens with zero attached hydrogens (tertiary/aromatic N) is 4. The predicted molar refractivity (Wildman–Crippen MR) is 48.9 cm³/mol. The fourth-order valence-corrected chi connectivity index (χ4v) is 0.568. The molecule has 0 bridgehead atoms. The SMILES string of the molecule is CC.Cc1nnn(C(C)(C)C)n1. The molecule has 0 amide bonds. The van der Waals surface area contributed by atoms with Gasteiger partial charge in [0.15, 0.2) is 5.82 Å². The molecule has 0 unspecified atom stereocenters. The lowest BCUT2D eigenvalue weighted by Gasteiger charge is -2.15. The van der Waals surface area contributed by atoms with Crippen LogP contribution in [0.5, 0.6) is 0 Å². The number of aryl methyl sites for hydroxylation is 1. The van der Waals surface area contributed by atoms with E-state index in [1.165, 1.54) is 0 Å². The quantitative estimate of drug-likeness (QED) is 0.596. The normalized spacial score (nSPS) is 10.5. The van der Waals surface area contributed by atoms with Crippen molar-refractivity contribution >= 4 is 0 Å². The summed E-state index contributed by atoms with van der Waals surface area (Å²) in [6.07, 6.45) is 0. The first kappa shape index (κ1) is 11.1. The molecule has 0 saturated carbocycles. The number of aromatic nitrogens is 4. The van der Waals surface area contributed by atoms with Gasteiger partial charge in [-0.2, -0.15) is 4.80 Å². The fourth-order valence-electron chi connectivity index (χ4n) is 0.568. The Morgan fingerprint density at radius 1 is 1.17 bits per heavy atom. The molecular weight excluding hydrogens is 152 g/mol. The van der Waals surface area contributed by atoms with E-state index in [1.54, 1.807) is 4.80 Å². The maximum atomic E-state index is 4.08. The van der Waals surface area contributed by atoms with Crippen LogP contribution in [-0.4, -0.2) is 20.2 Å². The van der Waals surface area contributed by atoms with Gasteiger partial charge in [0.25, 0.3) is 0 Å². The van der Waals surface area contributed by atoms with Crippen LogP contribution in [0.2, 0.25) is 0 Å². The summed E-state index contributed by atoms with van der Waals surface area (Å²) < 4.78 is 0. The van der Waals surface area contributed by atoms with Crippen molar-refractivity contribution in [3.05, 3.63) is 5.82 Å². The summed E-state index contributed by atoms with van der Waals surface area (Å²) in [5.74, 6) is 0.718. The Morgan fingerprint density at radius 2 is 1.67 bits per heavy atom. The second-order valence-electron chi connectivity index (χ2n) is 3.30. The molecule has 12 heavy (non-hydrogen) atoms. The number of hydrogen-bond acceptors (Lipinski definition) is 3. The average Bonchev–Trinajstić information content (AvgIpc) is 2.39. The molecule has 0 aliphatic rings. The van der Waals surface area contributed by atoms with E-state index < -0.39 is 0 Å². The summed E-state index contributed by atoms with van der Waals surface area (Å²) in [6, 6.07) is 0. The van der Waals surface area contributed by atoms with Crippen molar-refractivity contribution in [2.24, 2.45) is 0 Å². The first-order chi connectivity index (χ1) is 5.50. The molecule has 4 nitrogen and oxygen atoms in total. The summed E-state index contributed by atoms with van der Waals surface area (Å²) >= 11 is 0. The first-order valence-corrected chi connectivity index (χ1v) is 4.27. The molecule has 0 aliphatic heterocycles. The summed E-state index contributed by atoms with van der Waals surface area (Å²) in [6.45, 7) is 11.9. The zero-order valence-corrected chi connectivity index (χ0v) is 8.79. The molecule has 70 valence electrons. The first-order valence-electron chi connectivity index (χ1n) is 4.27. The highest BCUT2D eigenvalue weighted by molar-refractivity contribution is 4.72. The number of tetrazole rings is 1. The van der Waals surface area contributed by atoms with E-state index in [4.69, 9.17) is 0 Å². The van der Waals surface area contributed by atoms with Crippen molar-refractivity contribution in [3.8, 4) is 0 Å². The van der Waals surface area contributed by atoms with Gasteiger partial charge in [0.1, 0.15) is 0 Å². The molecule has 0 saturated heterocycles. The van der Waals surface area contributed by atoms with Crippen molar-refractivity contribution in [3.63, 3.8) is 0 Å². The standard InChI is InChI=1S/C6H12N4.C2H6/c1-5-7-9-10(8-5)6(2,3)4;1-2/h1-4H3;1-2H3. The van der Waals surface area contributed by atoms with Gasteiger partial charge in [0.05, 0.1) is 5.54 Å². The molecular formula is C8H18N4. The zero-order valence-electron chi connectivity index (χ0n) is 8.79. The highest BCUT2D eigenvalue weighted by Crippen LogP contribution is 2.08. The van der Waals surface area contributed by atoms with Crippen molar-refractivity contribution in [1.82, 2.24) is 20.2 Å². The lowest BCUT2D eigenvalue weighted by molar-refractivity contribution is 0.305. The Labute approximate surface area is 74.0 Å². The molecule has 1 rings (SSSR count). The molecule has 4 heteroatoms.